The van der Waals surface area contributed by atoms with E-state index in [9.17, 15) is 14.7 Å². The van der Waals surface area contributed by atoms with Crippen molar-refractivity contribution in [2.75, 3.05) is 4.90 Å². The molecular weight excluding hydrogens is 420 g/mol. The molecule has 2 heterocycles. The minimum atomic E-state index is -0.824. The van der Waals surface area contributed by atoms with Gasteiger partial charge in [-0.1, -0.05) is 53.6 Å². The van der Waals surface area contributed by atoms with Gasteiger partial charge in [0.2, 0.25) is 0 Å². The summed E-state index contributed by atoms with van der Waals surface area (Å²) < 4.78 is 0. The first-order valence-electron chi connectivity index (χ1n) is 9.35. The molecule has 5 nitrogen and oxygen atoms in total. The fraction of sp³-hybridized carbons (Fsp3) is 0.174. The number of anilines is 1. The highest BCUT2D eigenvalue weighted by Crippen LogP contribution is 2.44. The fourth-order valence-electron chi connectivity index (χ4n) is 3.45. The first-order valence-corrected chi connectivity index (χ1v) is 10.5. The number of aromatic nitrogens is 1. The van der Waals surface area contributed by atoms with Crippen molar-refractivity contribution in [2.45, 2.75) is 26.8 Å². The van der Waals surface area contributed by atoms with Crippen molar-refractivity contribution in [2.24, 2.45) is 0 Å². The topological polar surface area (TPSA) is 70.5 Å². The quantitative estimate of drug-likeness (QED) is 0.340. The zero-order chi connectivity index (χ0) is 21.6. The lowest BCUT2D eigenvalue weighted by molar-refractivity contribution is -0.132. The van der Waals surface area contributed by atoms with E-state index in [0.717, 1.165) is 16.1 Å². The molecule has 0 aliphatic carbocycles. The molecule has 1 amide bonds. The molecule has 0 radical (unpaired) electrons. The molecule has 7 heteroatoms. The molecule has 1 aliphatic heterocycles. The molecule has 30 heavy (non-hydrogen) atoms. The Labute approximate surface area is 183 Å². The lowest BCUT2D eigenvalue weighted by Crippen LogP contribution is -2.29. The second-order valence-corrected chi connectivity index (χ2v) is 8.85. The summed E-state index contributed by atoms with van der Waals surface area (Å²) in [6, 6.07) is 13.3. The number of halogens is 1. The summed E-state index contributed by atoms with van der Waals surface area (Å²) >= 11 is 7.54. The van der Waals surface area contributed by atoms with Gasteiger partial charge < -0.3 is 5.11 Å². The van der Waals surface area contributed by atoms with Crippen molar-refractivity contribution in [1.29, 1.82) is 0 Å². The smallest absolute Gasteiger partial charge is 0.301 e. The number of aliphatic hydroxyl groups excluding tert-OH is 1. The van der Waals surface area contributed by atoms with Crippen molar-refractivity contribution in [3.63, 3.8) is 0 Å². The maximum atomic E-state index is 13.1. The molecule has 3 aromatic rings. The van der Waals surface area contributed by atoms with Gasteiger partial charge in [-0.15, -0.1) is 11.3 Å². The highest BCUT2D eigenvalue weighted by molar-refractivity contribution is 7.16. The molecule has 1 aliphatic rings. The van der Waals surface area contributed by atoms with E-state index >= 15 is 0 Å². The standard InChI is InChI=1S/C23H19ClN2O3S/c1-12-7-9-15(10-8-12)20(27)18-19(16-5-4-6-17(24)11-16)26(22(29)21(18)28)23-25-13(2)14(3)30-23/h4-11,19,27H,1-3H3/b20-18+/t19-/m1/s1. The van der Waals surface area contributed by atoms with Gasteiger partial charge in [0.25, 0.3) is 5.78 Å². The van der Waals surface area contributed by atoms with Crippen LogP contribution < -0.4 is 4.90 Å². The number of benzene rings is 2. The second-order valence-electron chi connectivity index (χ2n) is 7.23. The van der Waals surface area contributed by atoms with Crippen LogP contribution in [-0.4, -0.2) is 21.8 Å². The van der Waals surface area contributed by atoms with Gasteiger partial charge in [-0.25, -0.2) is 4.98 Å². The van der Waals surface area contributed by atoms with Crippen LogP contribution in [-0.2, 0) is 9.59 Å². The van der Waals surface area contributed by atoms with Gasteiger partial charge >= 0.3 is 5.91 Å². The maximum Gasteiger partial charge on any atom is 0.301 e. The number of nitrogens with zero attached hydrogens (tertiary/aromatic N) is 2. The van der Waals surface area contributed by atoms with Crippen LogP contribution in [0.1, 0.15) is 33.3 Å². The molecular formula is C23H19ClN2O3S. The van der Waals surface area contributed by atoms with Gasteiger partial charge in [-0.3, -0.25) is 14.5 Å². The number of ketones is 1. The second kappa shape index (κ2) is 7.70. The van der Waals surface area contributed by atoms with Crippen LogP contribution in [0.2, 0.25) is 5.02 Å². The molecule has 0 saturated carbocycles. The molecule has 1 atom stereocenters. The van der Waals surface area contributed by atoms with Crippen molar-refractivity contribution in [1.82, 2.24) is 4.98 Å². The Bertz CT molecular complexity index is 1180. The molecule has 1 saturated heterocycles. The Kier molecular flexibility index (Phi) is 5.22. The lowest BCUT2D eigenvalue weighted by atomic mass is 9.95. The van der Waals surface area contributed by atoms with E-state index in [1.165, 1.54) is 16.2 Å². The third kappa shape index (κ3) is 3.42. The third-order valence-electron chi connectivity index (χ3n) is 5.16. The first kappa shape index (κ1) is 20.3. The highest BCUT2D eigenvalue weighted by Gasteiger charge is 2.48. The zero-order valence-corrected chi connectivity index (χ0v) is 18.2. The molecule has 1 N–H and O–H groups in total. The predicted octanol–water partition coefficient (Wildman–Crippen LogP) is 5.35. The van der Waals surface area contributed by atoms with Crippen molar-refractivity contribution >= 4 is 45.5 Å². The minimum Gasteiger partial charge on any atom is -0.507 e. The molecule has 1 aromatic heterocycles. The zero-order valence-electron chi connectivity index (χ0n) is 16.6. The van der Waals surface area contributed by atoms with Gasteiger partial charge in [-0.2, -0.15) is 0 Å². The van der Waals surface area contributed by atoms with Crippen LogP contribution in [0.3, 0.4) is 0 Å². The van der Waals surface area contributed by atoms with Crippen LogP contribution in [0, 0.1) is 20.8 Å². The summed E-state index contributed by atoms with van der Waals surface area (Å²) in [6.45, 7) is 5.70. The predicted molar refractivity (Wildman–Crippen MR) is 119 cm³/mol. The van der Waals surface area contributed by atoms with Gasteiger partial charge in [0, 0.05) is 15.5 Å². The average Bonchev–Trinajstić information content (AvgIpc) is 3.18. The number of hydrogen-bond acceptors (Lipinski definition) is 5. The number of thiazole rings is 1. The van der Waals surface area contributed by atoms with Crippen LogP contribution in [0.4, 0.5) is 5.13 Å². The summed E-state index contributed by atoms with van der Waals surface area (Å²) in [5, 5.41) is 11.9. The molecule has 0 spiro atoms. The third-order valence-corrected chi connectivity index (χ3v) is 6.46. The fourth-order valence-corrected chi connectivity index (χ4v) is 4.58. The van der Waals surface area contributed by atoms with E-state index in [1.54, 1.807) is 36.4 Å². The number of amides is 1. The monoisotopic (exact) mass is 438 g/mol. The van der Waals surface area contributed by atoms with Crippen LogP contribution >= 0.6 is 22.9 Å². The van der Waals surface area contributed by atoms with Gasteiger partial charge in [0.05, 0.1) is 17.3 Å². The molecule has 2 aromatic carbocycles. The van der Waals surface area contributed by atoms with E-state index in [1.807, 2.05) is 32.9 Å². The average molecular weight is 439 g/mol. The summed E-state index contributed by atoms with van der Waals surface area (Å²) in [7, 11) is 0. The number of aryl methyl sites for hydroxylation is 3. The Hall–Kier alpha value is -2.96. The summed E-state index contributed by atoms with van der Waals surface area (Å²) in [5.41, 5.74) is 2.93. The lowest BCUT2D eigenvalue weighted by Gasteiger charge is -2.23. The molecule has 0 unspecified atom stereocenters. The highest BCUT2D eigenvalue weighted by atomic mass is 35.5. The van der Waals surface area contributed by atoms with Gasteiger partial charge in [-0.05, 0) is 38.5 Å². The van der Waals surface area contributed by atoms with E-state index < -0.39 is 17.7 Å². The number of rotatable bonds is 3. The Morgan fingerprint density at radius 3 is 2.40 bits per heavy atom. The normalized spacial score (nSPS) is 18.3. The molecule has 4 rings (SSSR count). The Morgan fingerprint density at radius 1 is 1.10 bits per heavy atom. The van der Waals surface area contributed by atoms with Crippen molar-refractivity contribution < 1.29 is 14.7 Å². The van der Waals surface area contributed by atoms with E-state index in [2.05, 4.69) is 4.98 Å². The van der Waals surface area contributed by atoms with Gasteiger partial charge in [0.15, 0.2) is 5.13 Å². The first-order chi connectivity index (χ1) is 14.3. The largest absolute Gasteiger partial charge is 0.507 e. The van der Waals surface area contributed by atoms with E-state index in [-0.39, 0.29) is 11.3 Å². The number of hydrogen-bond donors (Lipinski definition) is 1. The minimum absolute atomic E-state index is 0.0247. The van der Waals surface area contributed by atoms with E-state index in [4.69, 9.17) is 11.6 Å². The van der Waals surface area contributed by atoms with E-state index in [0.29, 0.717) is 21.3 Å². The van der Waals surface area contributed by atoms with Crippen molar-refractivity contribution in [3.8, 4) is 0 Å². The Morgan fingerprint density at radius 2 is 1.80 bits per heavy atom. The number of carbonyl (C=O) groups excluding carboxylic acids is 2. The number of Topliss-reactive ketones (excluding diaryl/α,β-unsaturated/α-hetero) is 1. The van der Waals surface area contributed by atoms with Crippen LogP contribution in [0.5, 0.6) is 0 Å². The number of carbonyl (C=O) groups is 2. The summed E-state index contributed by atoms with van der Waals surface area (Å²) in [6.07, 6.45) is 0. The molecule has 1 fully saturated rings. The summed E-state index contributed by atoms with van der Waals surface area (Å²) in [5.74, 6) is -1.68. The van der Waals surface area contributed by atoms with Crippen molar-refractivity contribution in [3.05, 3.63) is 86.4 Å². The molecule has 0 bridgehead atoms. The van der Waals surface area contributed by atoms with Gasteiger partial charge in [0.1, 0.15) is 5.76 Å². The van der Waals surface area contributed by atoms with Crippen LogP contribution in [0.15, 0.2) is 54.1 Å². The summed E-state index contributed by atoms with van der Waals surface area (Å²) in [4.78, 5) is 32.9. The molecule has 152 valence electrons. The Balaban J connectivity index is 1.96. The number of aliphatic hydroxyl groups is 1. The maximum absolute atomic E-state index is 13.1. The van der Waals surface area contributed by atoms with Crippen LogP contribution in [0.25, 0.3) is 5.76 Å². The SMILES string of the molecule is Cc1ccc(/C(O)=C2\C(=O)C(=O)N(c3nc(C)c(C)s3)[C@@H]2c2cccc(Cl)c2)cc1.